The van der Waals surface area contributed by atoms with Gasteiger partial charge in [0.25, 0.3) is 0 Å². The molecule has 2 heterocycles. The van der Waals surface area contributed by atoms with Gasteiger partial charge in [0.1, 0.15) is 6.10 Å². The van der Waals surface area contributed by atoms with Crippen molar-refractivity contribution in [1.29, 1.82) is 0 Å². The molecular formula is C19H34O5. The Morgan fingerprint density at radius 3 is 2.46 bits per heavy atom. The van der Waals surface area contributed by atoms with E-state index in [1.165, 1.54) is 12.8 Å². The topological polar surface area (TPSA) is 65.0 Å². The fraction of sp³-hybridized carbons (Fsp3) is 0.947. The van der Waals surface area contributed by atoms with E-state index in [1.807, 2.05) is 20.8 Å². The number of esters is 1. The third kappa shape index (κ3) is 5.71. The number of cyclic esters (lactones) is 1. The van der Waals surface area contributed by atoms with Gasteiger partial charge in [-0.2, -0.15) is 0 Å². The van der Waals surface area contributed by atoms with Gasteiger partial charge in [-0.25, -0.2) is 0 Å². The predicted molar refractivity (Wildman–Crippen MR) is 91.4 cm³/mol. The van der Waals surface area contributed by atoms with E-state index in [0.29, 0.717) is 6.61 Å². The van der Waals surface area contributed by atoms with Crippen LogP contribution in [0.1, 0.15) is 72.1 Å². The van der Waals surface area contributed by atoms with Crippen LogP contribution >= 0.6 is 0 Å². The Morgan fingerprint density at radius 2 is 1.71 bits per heavy atom. The molecule has 6 atom stereocenters. The molecule has 3 unspecified atom stereocenters. The summed E-state index contributed by atoms with van der Waals surface area (Å²) in [5.74, 6) is -0.410. The molecule has 140 valence electrons. The number of aliphatic hydroxyl groups is 1. The lowest BCUT2D eigenvalue weighted by Gasteiger charge is -2.39. The summed E-state index contributed by atoms with van der Waals surface area (Å²) in [7, 11) is 0. The van der Waals surface area contributed by atoms with Gasteiger partial charge in [-0.15, -0.1) is 0 Å². The van der Waals surface area contributed by atoms with Crippen LogP contribution in [-0.4, -0.2) is 42.3 Å². The molecule has 24 heavy (non-hydrogen) atoms. The third-order valence-corrected chi connectivity index (χ3v) is 5.30. The van der Waals surface area contributed by atoms with Crippen LogP contribution in [0.5, 0.6) is 0 Å². The molecule has 0 radical (unpaired) electrons. The standard InChI is InChI=1S/C19H34O5/c1-13-12-14(2)23-19(17(13)20)24-16-10-8-6-4-5-7-9-11-22-18(21)15(16)3/h13-17,19-20H,4-12H2,1-3H3/t13?,14?,15-,16?,17-,19+/m1/s1. The molecule has 2 saturated heterocycles. The molecule has 2 fully saturated rings. The zero-order valence-electron chi connectivity index (χ0n) is 15.4. The second kappa shape index (κ2) is 9.73. The minimum absolute atomic E-state index is 0.0573. The van der Waals surface area contributed by atoms with Crippen molar-refractivity contribution in [2.75, 3.05) is 6.61 Å². The number of carbonyl (C=O) groups excluding carboxylic acids is 1. The van der Waals surface area contributed by atoms with Gasteiger partial charge in [-0.3, -0.25) is 4.79 Å². The van der Waals surface area contributed by atoms with Gasteiger partial charge < -0.3 is 19.3 Å². The normalized spacial score (nSPS) is 40.2. The molecule has 0 saturated carbocycles. The maximum absolute atomic E-state index is 12.3. The summed E-state index contributed by atoms with van der Waals surface area (Å²) < 4.78 is 17.3. The number of ether oxygens (including phenoxy) is 3. The monoisotopic (exact) mass is 342 g/mol. The number of hydrogen-bond donors (Lipinski definition) is 1. The Balaban J connectivity index is 2.00. The summed E-state index contributed by atoms with van der Waals surface area (Å²) in [6.07, 6.45) is 6.75. The highest BCUT2D eigenvalue weighted by Gasteiger charge is 2.38. The van der Waals surface area contributed by atoms with Gasteiger partial charge in [0.15, 0.2) is 6.29 Å². The first-order valence-corrected chi connectivity index (χ1v) is 9.64. The minimum atomic E-state index is -0.656. The Labute approximate surface area is 146 Å². The summed E-state index contributed by atoms with van der Waals surface area (Å²) >= 11 is 0. The van der Waals surface area contributed by atoms with Crippen LogP contribution in [-0.2, 0) is 19.0 Å². The van der Waals surface area contributed by atoms with E-state index in [9.17, 15) is 9.90 Å². The van der Waals surface area contributed by atoms with Crippen molar-refractivity contribution in [3.8, 4) is 0 Å². The molecule has 2 aliphatic heterocycles. The first kappa shape index (κ1) is 19.7. The largest absolute Gasteiger partial charge is 0.465 e. The van der Waals surface area contributed by atoms with Crippen LogP contribution in [0.3, 0.4) is 0 Å². The molecule has 0 spiro atoms. The zero-order valence-corrected chi connectivity index (χ0v) is 15.4. The lowest BCUT2D eigenvalue weighted by atomic mass is 9.93. The van der Waals surface area contributed by atoms with E-state index in [1.54, 1.807) is 0 Å². The van der Waals surface area contributed by atoms with Gasteiger partial charge in [0, 0.05) is 0 Å². The van der Waals surface area contributed by atoms with Gasteiger partial charge >= 0.3 is 5.97 Å². The maximum Gasteiger partial charge on any atom is 0.311 e. The van der Waals surface area contributed by atoms with Crippen LogP contribution in [0.2, 0.25) is 0 Å². The molecule has 0 amide bonds. The van der Waals surface area contributed by atoms with Crippen molar-refractivity contribution in [2.45, 2.75) is 96.7 Å². The average molecular weight is 342 g/mol. The van der Waals surface area contributed by atoms with Crippen LogP contribution in [0.15, 0.2) is 0 Å². The van der Waals surface area contributed by atoms with E-state index in [0.717, 1.165) is 38.5 Å². The molecule has 0 aromatic rings. The molecule has 0 aromatic carbocycles. The second-order valence-electron chi connectivity index (χ2n) is 7.56. The fourth-order valence-corrected chi connectivity index (χ4v) is 3.63. The fourth-order valence-electron chi connectivity index (χ4n) is 3.63. The van der Waals surface area contributed by atoms with Crippen molar-refractivity contribution in [1.82, 2.24) is 0 Å². The second-order valence-corrected chi connectivity index (χ2v) is 7.56. The van der Waals surface area contributed by atoms with Crippen molar-refractivity contribution >= 4 is 5.97 Å². The number of rotatable bonds is 2. The summed E-state index contributed by atoms with van der Waals surface area (Å²) in [6.45, 7) is 6.36. The minimum Gasteiger partial charge on any atom is -0.465 e. The molecule has 5 heteroatoms. The molecule has 0 aliphatic carbocycles. The molecule has 5 nitrogen and oxygen atoms in total. The number of carbonyl (C=O) groups is 1. The molecular weight excluding hydrogens is 308 g/mol. The summed E-state index contributed by atoms with van der Waals surface area (Å²) in [6, 6.07) is 0. The maximum atomic E-state index is 12.3. The Morgan fingerprint density at radius 1 is 1.04 bits per heavy atom. The summed E-state index contributed by atoms with van der Waals surface area (Å²) in [4.78, 5) is 12.3. The van der Waals surface area contributed by atoms with E-state index < -0.39 is 12.4 Å². The van der Waals surface area contributed by atoms with Crippen LogP contribution in [0.25, 0.3) is 0 Å². The van der Waals surface area contributed by atoms with Crippen molar-refractivity contribution < 1.29 is 24.1 Å². The molecule has 2 rings (SSSR count). The SMILES string of the molecule is CC1CC(C)[C@@H](O)[C@H](OC2CCCCCCCCOC(=O)[C@@H]2C)O1. The highest BCUT2D eigenvalue weighted by atomic mass is 16.7. The van der Waals surface area contributed by atoms with Crippen molar-refractivity contribution in [3.05, 3.63) is 0 Å². The Hall–Kier alpha value is -0.650. The highest BCUT2D eigenvalue weighted by molar-refractivity contribution is 5.72. The van der Waals surface area contributed by atoms with E-state index in [4.69, 9.17) is 14.2 Å². The summed E-state index contributed by atoms with van der Waals surface area (Å²) in [5, 5.41) is 10.4. The van der Waals surface area contributed by atoms with Crippen molar-refractivity contribution in [3.63, 3.8) is 0 Å². The lowest BCUT2D eigenvalue weighted by Crippen LogP contribution is -2.47. The van der Waals surface area contributed by atoms with Gasteiger partial charge in [0.2, 0.25) is 0 Å². The highest BCUT2D eigenvalue weighted by Crippen LogP contribution is 2.29. The molecule has 1 N–H and O–H groups in total. The van der Waals surface area contributed by atoms with Gasteiger partial charge in [-0.05, 0) is 39.0 Å². The summed E-state index contributed by atoms with van der Waals surface area (Å²) in [5.41, 5.74) is 0. The van der Waals surface area contributed by atoms with E-state index in [2.05, 4.69) is 0 Å². The van der Waals surface area contributed by atoms with Crippen LogP contribution < -0.4 is 0 Å². The van der Waals surface area contributed by atoms with Crippen LogP contribution in [0.4, 0.5) is 0 Å². The Bertz CT molecular complexity index is 386. The van der Waals surface area contributed by atoms with Gasteiger partial charge in [-0.1, -0.05) is 39.0 Å². The van der Waals surface area contributed by atoms with Crippen molar-refractivity contribution in [2.24, 2.45) is 11.8 Å². The third-order valence-electron chi connectivity index (χ3n) is 5.30. The lowest BCUT2D eigenvalue weighted by molar-refractivity contribution is -0.272. The number of hydrogen-bond acceptors (Lipinski definition) is 5. The molecule has 2 aliphatic rings. The molecule has 0 bridgehead atoms. The molecule has 0 aromatic heterocycles. The Kier molecular flexibility index (Phi) is 7.98. The first-order valence-electron chi connectivity index (χ1n) is 9.64. The first-order chi connectivity index (χ1) is 11.5. The zero-order chi connectivity index (χ0) is 17.5. The quantitative estimate of drug-likeness (QED) is 0.779. The predicted octanol–water partition coefficient (Wildman–Crippen LogP) is 3.43. The van der Waals surface area contributed by atoms with E-state index in [-0.39, 0.29) is 30.0 Å². The number of aliphatic hydroxyl groups excluding tert-OH is 1. The van der Waals surface area contributed by atoms with Gasteiger partial charge in [0.05, 0.1) is 24.7 Å². The smallest absolute Gasteiger partial charge is 0.311 e. The average Bonchev–Trinajstić information content (AvgIpc) is 2.54. The van der Waals surface area contributed by atoms with Crippen LogP contribution in [0, 0.1) is 11.8 Å². The van der Waals surface area contributed by atoms with E-state index >= 15 is 0 Å².